The molecule has 2 heterocycles. The Labute approximate surface area is 204 Å². The molecule has 32 heavy (non-hydrogen) atoms. The Kier molecular flexibility index (Phi) is 6.61. The number of piperidine rings is 1. The van der Waals surface area contributed by atoms with Gasteiger partial charge in [-0.25, -0.2) is 13.4 Å². The number of aromatic nitrogens is 1. The molecule has 1 saturated heterocycles. The van der Waals surface area contributed by atoms with Gasteiger partial charge in [-0.2, -0.15) is 0 Å². The van der Waals surface area contributed by atoms with Crippen LogP contribution in [0.25, 0.3) is 11.3 Å². The monoisotopic (exact) mass is 508 g/mol. The van der Waals surface area contributed by atoms with Gasteiger partial charge in [-0.3, -0.25) is 0 Å². The van der Waals surface area contributed by atoms with Gasteiger partial charge >= 0.3 is 0 Å². The van der Waals surface area contributed by atoms with E-state index in [0.717, 1.165) is 22.0 Å². The lowest BCUT2D eigenvalue weighted by atomic mass is 9.87. The number of nitrogens with zero attached hydrogens (tertiary/aromatic N) is 2. The molecule has 0 amide bonds. The van der Waals surface area contributed by atoms with E-state index in [1.54, 1.807) is 29.5 Å². The molecule has 170 valence electrons. The van der Waals surface area contributed by atoms with Gasteiger partial charge in [0.05, 0.1) is 15.8 Å². The van der Waals surface area contributed by atoms with E-state index < -0.39 is 9.84 Å². The minimum atomic E-state index is -3.35. The summed E-state index contributed by atoms with van der Waals surface area (Å²) in [5, 5.41) is 3.65. The van der Waals surface area contributed by atoms with Gasteiger partial charge in [0, 0.05) is 34.1 Å². The fourth-order valence-corrected chi connectivity index (χ4v) is 7.08. The van der Waals surface area contributed by atoms with E-state index in [-0.39, 0.29) is 10.7 Å². The predicted molar refractivity (Wildman–Crippen MR) is 135 cm³/mol. The lowest BCUT2D eigenvalue weighted by Crippen LogP contribution is -2.39. The average Bonchev–Trinajstić information content (AvgIpc) is 3.23. The summed E-state index contributed by atoms with van der Waals surface area (Å²) in [5.41, 5.74) is 2.83. The molecule has 0 unspecified atom stereocenters. The molecule has 1 aliphatic rings. The van der Waals surface area contributed by atoms with Gasteiger partial charge < -0.3 is 4.90 Å². The van der Waals surface area contributed by atoms with Crippen molar-refractivity contribution in [1.29, 1.82) is 0 Å². The summed E-state index contributed by atoms with van der Waals surface area (Å²) >= 11 is 13.8. The summed E-state index contributed by atoms with van der Waals surface area (Å²) < 4.78 is 26.4. The molecule has 1 aliphatic heterocycles. The Morgan fingerprint density at radius 1 is 1.00 bits per heavy atom. The van der Waals surface area contributed by atoms with Crippen molar-refractivity contribution < 1.29 is 8.42 Å². The number of thiazole rings is 1. The first-order chi connectivity index (χ1) is 15.0. The fourth-order valence-electron chi connectivity index (χ4n) is 3.94. The number of rotatable bonds is 4. The molecule has 2 aromatic carbocycles. The molecule has 1 fully saturated rings. The second kappa shape index (κ2) is 8.98. The Morgan fingerprint density at radius 3 is 2.16 bits per heavy atom. The van der Waals surface area contributed by atoms with Crippen LogP contribution in [0.4, 0.5) is 5.13 Å². The molecular weight excluding hydrogens is 483 g/mol. The molecule has 0 atom stereocenters. The predicted octanol–water partition coefficient (Wildman–Crippen LogP) is 6.86. The summed E-state index contributed by atoms with van der Waals surface area (Å²) in [4.78, 5) is 7.32. The zero-order chi connectivity index (χ0) is 23.1. The Morgan fingerprint density at radius 2 is 1.59 bits per heavy atom. The second-order valence-corrected chi connectivity index (χ2v) is 13.1. The highest BCUT2D eigenvalue weighted by Gasteiger charge is 2.32. The first kappa shape index (κ1) is 23.6. The lowest BCUT2D eigenvalue weighted by Gasteiger charge is -2.31. The maximum absolute atomic E-state index is 13.2. The van der Waals surface area contributed by atoms with Crippen molar-refractivity contribution in [3.05, 3.63) is 63.5 Å². The number of hydrogen-bond acceptors (Lipinski definition) is 5. The molecule has 0 aliphatic carbocycles. The number of anilines is 1. The molecular formula is C24H26Cl2N2O2S2. The average molecular weight is 510 g/mol. The number of benzene rings is 2. The van der Waals surface area contributed by atoms with E-state index in [2.05, 4.69) is 25.7 Å². The van der Waals surface area contributed by atoms with Crippen LogP contribution in [0.1, 0.15) is 39.2 Å². The standard InChI is InChI=1S/C24H26Cl2N2O2S2/c1-24(2,3)17-4-6-20(7-5-17)32(29,30)21-8-10-28(11-9-21)23-27-22(15-31-23)16-12-18(25)14-19(26)13-16/h4-7,12-15,21H,8-11H2,1-3H3. The molecule has 0 saturated carbocycles. The van der Waals surface area contributed by atoms with Crippen LogP contribution in [-0.2, 0) is 15.3 Å². The third-order valence-corrected chi connectivity index (χ3v) is 9.47. The third-order valence-electron chi connectivity index (χ3n) is 5.85. The minimum absolute atomic E-state index is 0.00336. The summed E-state index contributed by atoms with van der Waals surface area (Å²) in [6.07, 6.45) is 1.17. The fraction of sp³-hybridized carbons (Fsp3) is 0.375. The molecule has 0 bridgehead atoms. The smallest absolute Gasteiger partial charge is 0.185 e. The van der Waals surface area contributed by atoms with Gasteiger partial charge in [-0.15, -0.1) is 11.3 Å². The summed E-state index contributed by atoms with van der Waals surface area (Å²) in [7, 11) is -3.35. The van der Waals surface area contributed by atoms with Crippen LogP contribution < -0.4 is 4.90 Å². The highest BCUT2D eigenvalue weighted by Crippen LogP contribution is 2.34. The van der Waals surface area contributed by atoms with Crippen LogP contribution in [-0.4, -0.2) is 31.7 Å². The van der Waals surface area contributed by atoms with E-state index in [9.17, 15) is 8.42 Å². The highest BCUT2D eigenvalue weighted by atomic mass is 35.5. The van der Waals surface area contributed by atoms with Crippen LogP contribution in [0.15, 0.2) is 52.7 Å². The summed E-state index contributed by atoms with van der Waals surface area (Å²) in [6.45, 7) is 7.69. The van der Waals surface area contributed by atoms with Gasteiger partial charge in [0.15, 0.2) is 15.0 Å². The second-order valence-electron chi connectivity index (χ2n) is 9.18. The zero-order valence-electron chi connectivity index (χ0n) is 18.3. The van der Waals surface area contributed by atoms with Gasteiger partial charge in [-0.1, -0.05) is 56.1 Å². The molecule has 0 N–H and O–H groups in total. The summed E-state index contributed by atoms with van der Waals surface area (Å²) in [5.74, 6) is 0. The van der Waals surface area contributed by atoms with E-state index in [1.165, 1.54) is 0 Å². The van der Waals surface area contributed by atoms with E-state index in [0.29, 0.717) is 40.9 Å². The maximum Gasteiger partial charge on any atom is 0.185 e. The molecule has 0 radical (unpaired) electrons. The quantitative estimate of drug-likeness (QED) is 0.386. The summed E-state index contributed by atoms with van der Waals surface area (Å²) in [6, 6.07) is 12.8. The molecule has 8 heteroatoms. The molecule has 4 rings (SSSR count). The molecule has 3 aromatic rings. The molecule has 0 spiro atoms. The third kappa shape index (κ3) is 4.98. The van der Waals surface area contributed by atoms with Crippen LogP contribution in [0, 0.1) is 0 Å². The lowest BCUT2D eigenvalue weighted by molar-refractivity contribution is 0.529. The van der Waals surface area contributed by atoms with Crippen molar-refractivity contribution in [3.63, 3.8) is 0 Å². The Balaban J connectivity index is 1.44. The van der Waals surface area contributed by atoms with Gasteiger partial charge in [0.2, 0.25) is 0 Å². The van der Waals surface area contributed by atoms with Crippen LogP contribution in [0.3, 0.4) is 0 Å². The largest absolute Gasteiger partial charge is 0.348 e. The van der Waals surface area contributed by atoms with Crippen LogP contribution in [0.5, 0.6) is 0 Å². The van der Waals surface area contributed by atoms with Crippen LogP contribution in [0.2, 0.25) is 10.0 Å². The number of halogens is 2. The van der Waals surface area contributed by atoms with Crippen molar-refractivity contribution in [2.24, 2.45) is 0 Å². The first-order valence-corrected chi connectivity index (χ1v) is 13.7. The van der Waals surface area contributed by atoms with Crippen molar-refractivity contribution in [3.8, 4) is 11.3 Å². The van der Waals surface area contributed by atoms with E-state index in [1.807, 2.05) is 29.6 Å². The van der Waals surface area contributed by atoms with Crippen LogP contribution >= 0.6 is 34.5 Å². The minimum Gasteiger partial charge on any atom is -0.348 e. The highest BCUT2D eigenvalue weighted by molar-refractivity contribution is 7.92. The molecule has 4 nitrogen and oxygen atoms in total. The van der Waals surface area contributed by atoms with Gasteiger partial charge in [0.1, 0.15) is 0 Å². The van der Waals surface area contributed by atoms with Gasteiger partial charge in [0.25, 0.3) is 0 Å². The van der Waals surface area contributed by atoms with Crippen molar-refractivity contribution in [1.82, 2.24) is 4.98 Å². The van der Waals surface area contributed by atoms with E-state index >= 15 is 0 Å². The Hall–Kier alpha value is -1.60. The maximum atomic E-state index is 13.2. The Bertz CT molecular complexity index is 1190. The zero-order valence-corrected chi connectivity index (χ0v) is 21.5. The number of sulfone groups is 1. The first-order valence-electron chi connectivity index (χ1n) is 10.6. The molecule has 1 aromatic heterocycles. The number of hydrogen-bond donors (Lipinski definition) is 0. The van der Waals surface area contributed by atoms with Crippen molar-refractivity contribution in [2.75, 3.05) is 18.0 Å². The topological polar surface area (TPSA) is 50.3 Å². The van der Waals surface area contributed by atoms with Crippen molar-refractivity contribution >= 4 is 49.5 Å². The van der Waals surface area contributed by atoms with Crippen molar-refractivity contribution in [2.45, 2.75) is 49.2 Å². The normalized spacial score (nSPS) is 15.8. The van der Waals surface area contributed by atoms with Gasteiger partial charge in [-0.05, 0) is 54.2 Å². The van der Waals surface area contributed by atoms with E-state index in [4.69, 9.17) is 28.2 Å². The SMILES string of the molecule is CC(C)(C)c1ccc(S(=O)(=O)C2CCN(c3nc(-c4cc(Cl)cc(Cl)c4)cs3)CC2)cc1.